The van der Waals surface area contributed by atoms with Crippen molar-refractivity contribution < 1.29 is 9.53 Å². The zero-order valence-electron chi connectivity index (χ0n) is 13.7. The van der Waals surface area contributed by atoms with Gasteiger partial charge < -0.3 is 10.1 Å². The number of rotatable bonds is 3. The predicted molar refractivity (Wildman–Crippen MR) is 92.5 cm³/mol. The Kier molecular flexibility index (Phi) is 3.98. The molecule has 1 atom stereocenters. The average molecular weight is 322 g/mol. The van der Waals surface area contributed by atoms with E-state index in [2.05, 4.69) is 46.6 Å². The minimum absolute atomic E-state index is 0.0509. The van der Waals surface area contributed by atoms with Gasteiger partial charge in [0.2, 0.25) is 0 Å². The number of benzene rings is 2. The summed E-state index contributed by atoms with van der Waals surface area (Å²) in [6.07, 6.45) is 1.43. The molecule has 4 heteroatoms. The van der Waals surface area contributed by atoms with Gasteiger partial charge in [0.15, 0.2) is 0 Å². The van der Waals surface area contributed by atoms with Gasteiger partial charge in [0.25, 0.3) is 0 Å². The lowest BCUT2D eigenvalue weighted by Crippen LogP contribution is -2.47. The lowest BCUT2D eigenvalue weighted by atomic mass is 9.81. The first-order valence-electron chi connectivity index (χ1n) is 8.56. The van der Waals surface area contributed by atoms with Gasteiger partial charge in [-0.2, -0.15) is 0 Å². The maximum Gasteiger partial charge on any atom is 0.408 e. The van der Waals surface area contributed by atoms with Crippen LogP contribution in [-0.2, 0) is 11.3 Å². The molecule has 124 valence electrons. The van der Waals surface area contributed by atoms with Gasteiger partial charge >= 0.3 is 6.09 Å². The second-order valence-corrected chi connectivity index (χ2v) is 6.70. The minimum atomic E-state index is -0.411. The third kappa shape index (κ3) is 2.89. The van der Waals surface area contributed by atoms with E-state index < -0.39 is 5.60 Å². The average Bonchev–Trinajstić information content (AvgIpc) is 2.95. The van der Waals surface area contributed by atoms with Gasteiger partial charge in [-0.3, -0.25) is 4.90 Å². The summed E-state index contributed by atoms with van der Waals surface area (Å²) < 4.78 is 5.78. The van der Waals surface area contributed by atoms with Crippen LogP contribution in [0.15, 0.2) is 60.7 Å². The second kappa shape index (κ2) is 6.29. The molecular formula is C20H22N2O2. The molecular weight excluding hydrogens is 300 g/mol. The van der Waals surface area contributed by atoms with Crippen LogP contribution in [0.5, 0.6) is 0 Å². The van der Waals surface area contributed by atoms with Crippen LogP contribution >= 0.6 is 0 Å². The van der Waals surface area contributed by atoms with Crippen LogP contribution in [-0.4, -0.2) is 29.7 Å². The molecule has 2 aromatic rings. The monoisotopic (exact) mass is 322 g/mol. The number of amides is 1. The quantitative estimate of drug-likeness (QED) is 0.940. The summed E-state index contributed by atoms with van der Waals surface area (Å²) >= 11 is 0. The van der Waals surface area contributed by atoms with Crippen LogP contribution in [0.2, 0.25) is 0 Å². The molecule has 4 rings (SSSR count). The topological polar surface area (TPSA) is 41.6 Å². The highest BCUT2D eigenvalue weighted by Crippen LogP contribution is 2.42. The summed E-state index contributed by atoms with van der Waals surface area (Å²) in [5.74, 6) is 0. The van der Waals surface area contributed by atoms with E-state index in [0.717, 1.165) is 38.0 Å². The van der Waals surface area contributed by atoms with E-state index in [4.69, 9.17) is 4.74 Å². The SMILES string of the molecule is O=C1NC(c2ccccc2)C2(CCN(Cc3ccccc3)CC2)O1. The van der Waals surface area contributed by atoms with Gasteiger partial charge in [-0.1, -0.05) is 60.7 Å². The number of hydrogen-bond acceptors (Lipinski definition) is 3. The van der Waals surface area contributed by atoms with Crippen LogP contribution in [0.1, 0.15) is 30.0 Å². The first kappa shape index (κ1) is 15.2. The van der Waals surface area contributed by atoms with Crippen LogP contribution in [0, 0.1) is 0 Å². The van der Waals surface area contributed by atoms with Crippen molar-refractivity contribution in [3.63, 3.8) is 0 Å². The van der Waals surface area contributed by atoms with Crippen LogP contribution in [0.25, 0.3) is 0 Å². The van der Waals surface area contributed by atoms with Crippen LogP contribution in [0.4, 0.5) is 4.79 Å². The molecule has 2 aliphatic rings. The fourth-order valence-corrected chi connectivity index (χ4v) is 3.88. The molecule has 2 heterocycles. The van der Waals surface area contributed by atoms with E-state index >= 15 is 0 Å². The summed E-state index contributed by atoms with van der Waals surface area (Å²) in [7, 11) is 0. The van der Waals surface area contributed by atoms with Crippen molar-refractivity contribution in [2.75, 3.05) is 13.1 Å². The largest absolute Gasteiger partial charge is 0.440 e. The molecule has 2 aromatic carbocycles. The zero-order valence-corrected chi connectivity index (χ0v) is 13.7. The Hall–Kier alpha value is -2.33. The number of ether oxygens (including phenoxy) is 1. The Labute approximate surface area is 142 Å². The molecule has 0 aliphatic carbocycles. The van der Waals surface area contributed by atoms with Crippen molar-refractivity contribution in [2.24, 2.45) is 0 Å². The smallest absolute Gasteiger partial charge is 0.408 e. The van der Waals surface area contributed by atoms with Crippen molar-refractivity contribution in [1.82, 2.24) is 10.2 Å². The molecule has 1 unspecified atom stereocenters. The summed E-state index contributed by atoms with van der Waals surface area (Å²) in [5, 5.41) is 3.02. The van der Waals surface area contributed by atoms with Gasteiger partial charge in [0, 0.05) is 32.5 Å². The summed E-state index contributed by atoms with van der Waals surface area (Å²) in [6, 6.07) is 20.6. The molecule has 0 radical (unpaired) electrons. The van der Waals surface area contributed by atoms with E-state index in [0.29, 0.717) is 0 Å². The second-order valence-electron chi connectivity index (χ2n) is 6.70. The zero-order chi connectivity index (χ0) is 16.4. The number of nitrogens with zero attached hydrogens (tertiary/aromatic N) is 1. The molecule has 4 nitrogen and oxygen atoms in total. The molecule has 0 saturated carbocycles. The van der Waals surface area contributed by atoms with Crippen LogP contribution in [0.3, 0.4) is 0 Å². The highest BCUT2D eigenvalue weighted by molar-refractivity contribution is 5.71. The summed E-state index contributed by atoms with van der Waals surface area (Å²) in [4.78, 5) is 14.4. The van der Waals surface area contributed by atoms with E-state index in [-0.39, 0.29) is 12.1 Å². The Morgan fingerprint density at radius 1 is 1.00 bits per heavy atom. The first-order valence-corrected chi connectivity index (χ1v) is 8.56. The van der Waals surface area contributed by atoms with E-state index in [1.54, 1.807) is 0 Å². The molecule has 2 fully saturated rings. The first-order chi connectivity index (χ1) is 11.8. The molecule has 1 spiro atoms. The lowest BCUT2D eigenvalue weighted by Gasteiger charge is -2.40. The number of carbonyl (C=O) groups is 1. The minimum Gasteiger partial charge on any atom is -0.440 e. The van der Waals surface area contributed by atoms with Crippen molar-refractivity contribution >= 4 is 6.09 Å². The molecule has 1 amide bonds. The normalized spacial score (nSPS) is 23.0. The van der Waals surface area contributed by atoms with Crippen molar-refractivity contribution in [2.45, 2.75) is 31.0 Å². The lowest BCUT2D eigenvalue weighted by molar-refractivity contribution is -0.0208. The van der Waals surface area contributed by atoms with Gasteiger partial charge in [-0.25, -0.2) is 4.79 Å². The third-order valence-corrected chi connectivity index (χ3v) is 5.17. The molecule has 0 bridgehead atoms. The number of hydrogen-bond donors (Lipinski definition) is 1. The number of likely N-dealkylation sites (tertiary alicyclic amines) is 1. The number of carbonyl (C=O) groups excluding carboxylic acids is 1. The summed E-state index contributed by atoms with van der Waals surface area (Å²) in [6.45, 7) is 2.83. The van der Waals surface area contributed by atoms with Gasteiger partial charge in [-0.15, -0.1) is 0 Å². The Morgan fingerprint density at radius 3 is 2.29 bits per heavy atom. The maximum atomic E-state index is 11.9. The van der Waals surface area contributed by atoms with E-state index in [9.17, 15) is 4.79 Å². The van der Waals surface area contributed by atoms with Gasteiger partial charge in [-0.05, 0) is 11.1 Å². The van der Waals surface area contributed by atoms with E-state index in [1.807, 2.05) is 24.3 Å². The van der Waals surface area contributed by atoms with Crippen LogP contribution < -0.4 is 5.32 Å². The Bertz CT molecular complexity index is 694. The van der Waals surface area contributed by atoms with Gasteiger partial charge in [0.1, 0.15) is 5.60 Å². The molecule has 2 saturated heterocycles. The highest BCUT2D eigenvalue weighted by atomic mass is 16.6. The molecule has 24 heavy (non-hydrogen) atoms. The Balaban J connectivity index is 1.47. The van der Waals surface area contributed by atoms with E-state index in [1.165, 1.54) is 5.56 Å². The third-order valence-electron chi connectivity index (χ3n) is 5.17. The Morgan fingerprint density at radius 2 is 1.62 bits per heavy atom. The maximum absolute atomic E-state index is 11.9. The predicted octanol–water partition coefficient (Wildman–Crippen LogP) is 3.50. The van der Waals surface area contributed by atoms with Crippen molar-refractivity contribution in [1.29, 1.82) is 0 Å². The fraction of sp³-hybridized carbons (Fsp3) is 0.350. The number of alkyl carbamates (subject to hydrolysis) is 1. The van der Waals surface area contributed by atoms with Gasteiger partial charge in [0.05, 0.1) is 6.04 Å². The highest BCUT2D eigenvalue weighted by Gasteiger charge is 2.51. The standard InChI is InChI=1S/C20H22N2O2/c23-19-21-18(17-9-5-2-6-10-17)20(24-19)11-13-22(14-12-20)15-16-7-3-1-4-8-16/h1-10,18H,11-15H2,(H,21,23). The number of piperidine rings is 1. The molecule has 1 N–H and O–H groups in total. The van der Waals surface area contributed by atoms with Crippen molar-refractivity contribution in [3.05, 3.63) is 71.8 Å². The number of nitrogens with one attached hydrogen (secondary N) is 1. The van der Waals surface area contributed by atoms with Crippen molar-refractivity contribution in [3.8, 4) is 0 Å². The molecule has 0 aromatic heterocycles. The summed E-state index contributed by atoms with van der Waals surface area (Å²) in [5.41, 5.74) is 2.04. The fourth-order valence-electron chi connectivity index (χ4n) is 3.88. The molecule has 2 aliphatic heterocycles.